The molecule has 3 rings (SSSR count). The first kappa shape index (κ1) is 25.3. The molecular formula is C23H28N8O4. The van der Waals surface area contributed by atoms with Crippen LogP contribution in [0, 0.1) is 5.92 Å². The van der Waals surface area contributed by atoms with Crippen LogP contribution in [0.15, 0.2) is 30.5 Å². The number of nitrogens with two attached hydrogens (primary N) is 2. The molecule has 1 amide bonds. The number of amides is 1. The predicted molar refractivity (Wildman–Crippen MR) is 130 cm³/mol. The number of Topliss-reactive ketones (excluding diaryl/α,β-unsaturated/α-hetero) is 1. The van der Waals surface area contributed by atoms with E-state index in [-0.39, 0.29) is 36.3 Å². The molecule has 0 radical (unpaired) electrons. The number of ketones is 1. The number of nitrogens with one attached hydrogen (secondary N) is 1. The first-order valence-corrected chi connectivity index (χ1v) is 11.0. The molecule has 12 nitrogen and oxygen atoms in total. The van der Waals surface area contributed by atoms with Gasteiger partial charge < -0.3 is 26.8 Å². The number of hydrogen-bond acceptors (Lipinski definition) is 10. The lowest BCUT2D eigenvalue weighted by atomic mass is 10.0. The number of benzene rings is 1. The van der Waals surface area contributed by atoms with Gasteiger partial charge in [0.05, 0.1) is 18.4 Å². The van der Waals surface area contributed by atoms with Gasteiger partial charge in [-0.15, -0.1) is 0 Å². The van der Waals surface area contributed by atoms with Crippen molar-refractivity contribution in [3.05, 3.63) is 41.7 Å². The lowest BCUT2D eigenvalue weighted by molar-refractivity contribution is -0.139. The molecule has 0 saturated heterocycles. The Labute approximate surface area is 201 Å². The molecule has 2 heterocycles. The van der Waals surface area contributed by atoms with Gasteiger partial charge in [0.25, 0.3) is 5.91 Å². The summed E-state index contributed by atoms with van der Waals surface area (Å²) in [6, 6.07) is 5.52. The Hall–Kier alpha value is -4.35. The Balaban J connectivity index is 1.65. The zero-order valence-electron chi connectivity index (χ0n) is 19.7. The van der Waals surface area contributed by atoms with E-state index in [0.717, 1.165) is 5.69 Å². The number of carboxylic acid groups (broad SMARTS) is 1. The van der Waals surface area contributed by atoms with E-state index in [0.29, 0.717) is 29.0 Å². The van der Waals surface area contributed by atoms with Crippen molar-refractivity contribution in [2.75, 3.05) is 23.4 Å². The van der Waals surface area contributed by atoms with E-state index >= 15 is 0 Å². The van der Waals surface area contributed by atoms with Crippen LogP contribution in [0.5, 0.6) is 0 Å². The first-order valence-electron chi connectivity index (χ1n) is 11.0. The Morgan fingerprint density at radius 1 is 1.09 bits per heavy atom. The monoisotopic (exact) mass is 480 g/mol. The van der Waals surface area contributed by atoms with Gasteiger partial charge in [-0.2, -0.15) is 9.97 Å². The van der Waals surface area contributed by atoms with E-state index in [2.05, 4.69) is 25.3 Å². The second-order valence-electron chi connectivity index (χ2n) is 8.43. The number of aliphatic carboxylic acids is 1. The normalized spacial score (nSPS) is 11.9. The Morgan fingerprint density at radius 3 is 2.40 bits per heavy atom. The van der Waals surface area contributed by atoms with Crippen molar-refractivity contribution in [3.63, 3.8) is 0 Å². The number of hydrogen-bond donors (Lipinski definition) is 4. The van der Waals surface area contributed by atoms with E-state index in [9.17, 15) is 19.5 Å². The third kappa shape index (κ3) is 6.37. The van der Waals surface area contributed by atoms with E-state index in [1.165, 1.54) is 0 Å². The summed E-state index contributed by atoms with van der Waals surface area (Å²) >= 11 is 0. The van der Waals surface area contributed by atoms with Crippen LogP contribution in [-0.2, 0) is 16.1 Å². The van der Waals surface area contributed by atoms with Gasteiger partial charge >= 0.3 is 5.97 Å². The maximum atomic E-state index is 12.6. The highest BCUT2D eigenvalue weighted by Crippen LogP contribution is 2.19. The van der Waals surface area contributed by atoms with Crippen LogP contribution in [-0.4, -0.2) is 55.8 Å². The lowest BCUT2D eigenvalue weighted by Crippen LogP contribution is -2.41. The maximum absolute atomic E-state index is 12.6. The third-order valence-corrected chi connectivity index (χ3v) is 5.40. The number of aromatic nitrogens is 4. The molecule has 3 aromatic rings. The largest absolute Gasteiger partial charge is 0.480 e. The summed E-state index contributed by atoms with van der Waals surface area (Å²) in [4.78, 5) is 54.4. The molecule has 0 saturated carbocycles. The molecule has 0 spiro atoms. The van der Waals surface area contributed by atoms with Gasteiger partial charge in [-0.25, -0.2) is 14.8 Å². The van der Waals surface area contributed by atoms with Gasteiger partial charge in [0, 0.05) is 30.6 Å². The van der Waals surface area contributed by atoms with Crippen LogP contribution in [0.1, 0.15) is 42.7 Å². The van der Waals surface area contributed by atoms with Crippen LogP contribution in [0.2, 0.25) is 0 Å². The van der Waals surface area contributed by atoms with E-state index in [1.54, 1.807) is 44.3 Å². The molecule has 0 fully saturated rings. The summed E-state index contributed by atoms with van der Waals surface area (Å²) in [5.41, 5.74) is 13.9. The van der Waals surface area contributed by atoms with Crippen LogP contribution >= 0.6 is 0 Å². The van der Waals surface area contributed by atoms with Gasteiger partial charge in [-0.05, 0) is 30.7 Å². The van der Waals surface area contributed by atoms with Crippen LogP contribution in [0.3, 0.4) is 0 Å². The van der Waals surface area contributed by atoms with Crippen molar-refractivity contribution in [3.8, 4) is 0 Å². The van der Waals surface area contributed by atoms with E-state index in [1.807, 2.05) is 11.9 Å². The quantitative estimate of drug-likeness (QED) is 0.328. The smallest absolute Gasteiger partial charge is 0.326 e. The van der Waals surface area contributed by atoms with Crippen molar-refractivity contribution in [2.24, 2.45) is 5.92 Å². The molecule has 0 aliphatic carbocycles. The highest BCUT2D eigenvalue weighted by Gasteiger charge is 2.22. The number of carbonyl (C=O) groups excluding carboxylic acids is 2. The number of carboxylic acids is 1. The Kier molecular flexibility index (Phi) is 7.74. The number of carbonyl (C=O) groups is 3. The van der Waals surface area contributed by atoms with E-state index in [4.69, 9.17) is 11.5 Å². The lowest BCUT2D eigenvalue weighted by Gasteiger charge is -2.19. The Bertz CT molecular complexity index is 1250. The van der Waals surface area contributed by atoms with Crippen LogP contribution in [0.4, 0.5) is 17.5 Å². The fourth-order valence-electron chi connectivity index (χ4n) is 3.33. The van der Waals surface area contributed by atoms with Crippen LogP contribution in [0.25, 0.3) is 11.2 Å². The number of anilines is 3. The van der Waals surface area contributed by atoms with Crippen molar-refractivity contribution in [1.82, 2.24) is 25.3 Å². The maximum Gasteiger partial charge on any atom is 0.326 e. The van der Waals surface area contributed by atoms with Crippen LogP contribution < -0.4 is 21.7 Å². The topological polar surface area (TPSA) is 190 Å². The van der Waals surface area contributed by atoms with Crippen molar-refractivity contribution >= 4 is 46.3 Å². The molecule has 1 aromatic carbocycles. The molecule has 35 heavy (non-hydrogen) atoms. The molecule has 184 valence electrons. The number of fused-ring (bicyclic) bond motifs is 1. The highest BCUT2D eigenvalue weighted by molar-refractivity contribution is 5.97. The summed E-state index contributed by atoms with van der Waals surface area (Å²) in [5, 5.41) is 11.9. The van der Waals surface area contributed by atoms with Gasteiger partial charge in [-0.3, -0.25) is 9.59 Å². The first-order chi connectivity index (χ1) is 16.5. The molecule has 0 aliphatic heterocycles. The minimum atomic E-state index is -1.18. The molecule has 1 atom stereocenters. The minimum absolute atomic E-state index is 0.0250. The average molecular weight is 481 g/mol. The Morgan fingerprint density at radius 2 is 1.77 bits per heavy atom. The number of rotatable bonds is 10. The number of nitrogens with zero attached hydrogens (tertiary/aromatic N) is 5. The second kappa shape index (κ2) is 10.7. The summed E-state index contributed by atoms with van der Waals surface area (Å²) in [5.74, 6) is -1.77. The van der Waals surface area contributed by atoms with Crippen molar-refractivity contribution in [2.45, 2.75) is 39.3 Å². The third-order valence-electron chi connectivity index (χ3n) is 5.40. The van der Waals surface area contributed by atoms with Crippen molar-refractivity contribution < 1.29 is 19.5 Å². The summed E-state index contributed by atoms with van der Waals surface area (Å²) in [6.45, 7) is 3.90. The molecule has 0 bridgehead atoms. The van der Waals surface area contributed by atoms with Crippen molar-refractivity contribution in [1.29, 1.82) is 0 Å². The van der Waals surface area contributed by atoms with Gasteiger partial charge in [-0.1, -0.05) is 13.8 Å². The number of nitrogen functional groups attached to an aromatic ring is 2. The molecule has 2 aromatic heterocycles. The zero-order chi connectivity index (χ0) is 25.7. The molecule has 12 heteroatoms. The predicted octanol–water partition coefficient (Wildman–Crippen LogP) is 1.41. The summed E-state index contributed by atoms with van der Waals surface area (Å²) in [6.07, 6.45) is 1.69. The van der Waals surface area contributed by atoms with Gasteiger partial charge in [0.15, 0.2) is 17.0 Å². The molecular weight excluding hydrogens is 452 g/mol. The van der Waals surface area contributed by atoms with Gasteiger partial charge in [0.2, 0.25) is 5.95 Å². The molecule has 0 unspecified atom stereocenters. The molecule has 6 N–H and O–H groups in total. The molecule has 0 aliphatic rings. The SMILES string of the molecule is CC(C)C(=O)CC[C@H](NC(=O)c1ccc(N(C)Cc2cnc3nc(N)nc(N)c3n2)cc1)C(=O)O. The highest BCUT2D eigenvalue weighted by atomic mass is 16.4. The summed E-state index contributed by atoms with van der Waals surface area (Å²) in [7, 11) is 1.84. The minimum Gasteiger partial charge on any atom is -0.480 e. The fourth-order valence-corrected chi connectivity index (χ4v) is 3.33. The van der Waals surface area contributed by atoms with Gasteiger partial charge in [0.1, 0.15) is 11.8 Å². The standard InChI is InChI=1S/C23H28N8O4/c1-12(2)17(32)9-8-16(22(34)35)28-21(33)13-4-6-15(7-5-13)31(3)11-14-10-26-20-18(27-14)19(24)29-23(25)30-20/h4-7,10,12,16H,8-9,11H2,1-3H3,(H,28,33)(H,34,35)(H4,24,25,26,29,30)/t16-/m0/s1. The fraction of sp³-hybridized carbons (Fsp3) is 0.348. The van der Waals surface area contributed by atoms with E-state index < -0.39 is 17.9 Å². The zero-order valence-corrected chi connectivity index (χ0v) is 19.7. The average Bonchev–Trinajstić information content (AvgIpc) is 2.81. The second-order valence-corrected chi connectivity index (χ2v) is 8.43. The summed E-state index contributed by atoms with van der Waals surface area (Å²) < 4.78 is 0.